The van der Waals surface area contributed by atoms with Gasteiger partial charge in [-0.05, 0) is 60.0 Å². The van der Waals surface area contributed by atoms with Gasteiger partial charge in [0, 0.05) is 36.6 Å². The Morgan fingerprint density at radius 3 is 2.63 bits per heavy atom. The van der Waals surface area contributed by atoms with Crippen LogP contribution in [0.1, 0.15) is 34.0 Å². The first-order valence-electron chi connectivity index (χ1n) is 11.9. The number of carbonyl (C=O) groups excluding carboxylic acids is 2. The number of ether oxygens (including phenoxy) is 1. The molecule has 1 unspecified atom stereocenters. The van der Waals surface area contributed by atoms with Crippen LogP contribution in [0.4, 0.5) is 0 Å². The molecule has 1 aliphatic rings. The van der Waals surface area contributed by atoms with Gasteiger partial charge in [-0.15, -0.1) is 23.1 Å². The Balaban J connectivity index is 1.52. The third-order valence-electron chi connectivity index (χ3n) is 6.33. The first kappa shape index (κ1) is 25.5. The van der Waals surface area contributed by atoms with Crippen LogP contribution in [0.2, 0.25) is 0 Å². The van der Waals surface area contributed by atoms with Crippen LogP contribution in [0.3, 0.4) is 0 Å². The molecule has 0 spiro atoms. The number of fused-ring (bicyclic) bond motifs is 1. The van der Waals surface area contributed by atoms with E-state index in [2.05, 4.69) is 30.5 Å². The number of benzene rings is 2. The molecule has 1 atom stereocenters. The summed E-state index contributed by atoms with van der Waals surface area (Å²) >= 11 is 3.27. The summed E-state index contributed by atoms with van der Waals surface area (Å²) in [5.74, 6) is 0.273. The Morgan fingerprint density at radius 1 is 1.09 bits per heavy atom. The van der Waals surface area contributed by atoms with Crippen LogP contribution in [-0.4, -0.2) is 60.7 Å². The standard InChI is InChI=1S/C28H32N2O3S2/c1-21-9-6-7-12-23(21)28-24-14-18-34-25(24)13-16-30(28)26(31)19-29(15-8-17-33-2)27(32)20-35-22-10-4-3-5-11-22/h3-7,9-12,14,18,28H,8,13,15-17,19-20H2,1-2H3. The minimum absolute atomic E-state index is 0.00872. The van der Waals surface area contributed by atoms with E-state index in [-0.39, 0.29) is 24.4 Å². The lowest BCUT2D eigenvalue weighted by Gasteiger charge is -2.38. The average Bonchev–Trinajstić information content (AvgIpc) is 3.36. The van der Waals surface area contributed by atoms with Crippen molar-refractivity contribution >= 4 is 34.9 Å². The summed E-state index contributed by atoms with van der Waals surface area (Å²) in [6, 6.07) is 20.2. The minimum atomic E-state index is -0.117. The molecule has 0 N–H and O–H groups in total. The van der Waals surface area contributed by atoms with E-state index in [1.165, 1.54) is 27.8 Å². The summed E-state index contributed by atoms with van der Waals surface area (Å²) in [4.78, 5) is 33.0. The van der Waals surface area contributed by atoms with Crippen LogP contribution in [0.15, 0.2) is 70.9 Å². The fourth-order valence-electron chi connectivity index (χ4n) is 4.51. The lowest BCUT2D eigenvalue weighted by Crippen LogP contribution is -2.47. The highest BCUT2D eigenvalue weighted by Gasteiger charge is 2.34. The number of amides is 2. The Hall–Kier alpha value is -2.61. The van der Waals surface area contributed by atoms with Crippen LogP contribution in [0.25, 0.3) is 0 Å². The molecule has 2 aromatic carbocycles. The molecule has 0 saturated carbocycles. The van der Waals surface area contributed by atoms with E-state index in [1.54, 1.807) is 23.3 Å². The van der Waals surface area contributed by atoms with Crippen molar-refractivity contribution in [2.45, 2.75) is 30.7 Å². The Labute approximate surface area is 216 Å². The van der Waals surface area contributed by atoms with Crippen molar-refractivity contribution in [3.8, 4) is 0 Å². The number of rotatable bonds is 10. The maximum absolute atomic E-state index is 13.7. The van der Waals surface area contributed by atoms with Gasteiger partial charge in [-0.3, -0.25) is 9.59 Å². The van der Waals surface area contributed by atoms with Gasteiger partial charge in [-0.25, -0.2) is 0 Å². The van der Waals surface area contributed by atoms with E-state index in [9.17, 15) is 9.59 Å². The van der Waals surface area contributed by atoms with Gasteiger partial charge in [-0.1, -0.05) is 42.5 Å². The van der Waals surface area contributed by atoms with Gasteiger partial charge in [0.15, 0.2) is 0 Å². The van der Waals surface area contributed by atoms with E-state index < -0.39 is 0 Å². The monoisotopic (exact) mass is 508 g/mol. The molecular weight excluding hydrogens is 476 g/mol. The summed E-state index contributed by atoms with van der Waals surface area (Å²) in [7, 11) is 1.65. The number of hydrogen-bond acceptors (Lipinski definition) is 5. The lowest BCUT2D eigenvalue weighted by atomic mass is 9.90. The Morgan fingerprint density at radius 2 is 1.86 bits per heavy atom. The summed E-state index contributed by atoms with van der Waals surface area (Å²) in [6.07, 6.45) is 1.55. The van der Waals surface area contributed by atoms with E-state index in [1.807, 2.05) is 47.4 Å². The largest absolute Gasteiger partial charge is 0.385 e. The van der Waals surface area contributed by atoms with Crippen molar-refractivity contribution in [1.29, 1.82) is 0 Å². The number of hydrogen-bond donors (Lipinski definition) is 0. The fourth-order valence-corrected chi connectivity index (χ4v) is 6.24. The van der Waals surface area contributed by atoms with E-state index in [0.29, 0.717) is 31.9 Å². The molecule has 0 fully saturated rings. The van der Waals surface area contributed by atoms with Crippen molar-refractivity contribution in [2.75, 3.05) is 39.1 Å². The van der Waals surface area contributed by atoms with Crippen LogP contribution >= 0.6 is 23.1 Å². The second kappa shape index (κ2) is 12.4. The molecule has 0 aliphatic carbocycles. The zero-order valence-electron chi connectivity index (χ0n) is 20.3. The van der Waals surface area contributed by atoms with E-state index in [0.717, 1.165) is 16.9 Å². The number of thioether (sulfide) groups is 1. The number of nitrogens with zero attached hydrogens (tertiary/aromatic N) is 2. The second-order valence-electron chi connectivity index (χ2n) is 8.66. The van der Waals surface area contributed by atoms with Gasteiger partial charge < -0.3 is 14.5 Å². The SMILES string of the molecule is COCCCN(CC(=O)N1CCc2sccc2C1c1ccccc1C)C(=O)CSc1ccccc1. The molecule has 0 bridgehead atoms. The van der Waals surface area contributed by atoms with Gasteiger partial charge in [0.1, 0.15) is 0 Å². The topological polar surface area (TPSA) is 49.9 Å². The van der Waals surface area contributed by atoms with Crippen LogP contribution < -0.4 is 0 Å². The molecule has 0 radical (unpaired) electrons. The van der Waals surface area contributed by atoms with Crippen LogP contribution in [0.5, 0.6) is 0 Å². The molecule has 184 valence electrons. The molecule has 2 heterocycles. The first-order chi connectivity index (χ1) is 17.1. The average molecular weight is 509 g/mol. The predicted octanol–water partition coefficient (Wildman–Crippen LogP) is 5.19. The molecule has 1 aromatic heterocycles. The van der Waals surface area contributed by atoms with Gasteiger partial charge in [-0.2, -0.15) is 0 Å². The maximum atomic E-state index is 13.7. The summed E-state index contributed by atoms with van der Waals surface area (Å²) in [5.41, 5.74) is 3.53. The number of thiophene rings is 1. The van der Waals surface area contributed by atoms with Crippen molar-refractivity contribution < 1.29 is 14.3 Å². The fraction of sp³-hybridized carbons (Fsp3) is 0.357. The third-order valence-corrected chi connectivity index (χ3v) is 8.32. The summed E-state index contributed by atoms with van der Waals surface area (Å²) in [6.45, 7) is 3.89. The normalized spacial score (nSPS) is 15.0. The zero-order valence-corrected chi connectivity index (χ0v) is 21.9. The maximum Gasteiger partial charge on any atom is 0.242 e. The number of carbonyl (C=O) groups is 2. The van der Waals surface area contributed by atoms with Crippen molar-refractivity contribution in [2.24, 2.45) is 0 Å². The number of aryl methyl sites for hydroxylation is 1. The van der Waals surface area contributed by atoms with Gasteiger partial charge in [0.25, 0.3) is 0 Å². The quantitative estimate of drug-likeness (QED) is 0.279. The highest BCUT2D eigenvalue weighted by Crippen LogP contribution is 2.39. The molecule has 3 aromatic rings. The summed E-state index contributed by atoms with van der Waals surface area (Å²) in [5, 5.41) is 2.12. The summed E-state index contributed by atoms with van der Waals surface area (Å²) < 4.78 is 5.20. The molecule has 7 heteroatoms. The van der Waals surface area contributed by atoms with Gasteiger partial charge >= 0.3 is 0 Å². The van der Waals surface area contributed by atoms with E-state index >= 15 is 0 Å². The Bertz CT molecular complexity index is 1130. The van der Waals surface area contributed by atoms with Crippen LogP contribution in [0, 0.1) is 6.92 Å². The Kier molecular flexibility index (Phi) is 9.01. The zero-order chi connectivity index (χ0) is 24.6. The molecule has 1 aliphatic heterocycles. The predicted molar refractivity (Wildman–Crippen MR) is 143 cm³/mol. The van der Waals surface area contributed by atoms with Crippen molar-refractivity contribution in [1.82, 2.24) is 9.80 Å². The second-order valence-corrected chi connectivity index (χ2v) is 10.7. The first-order valence-corrected chi connectivity index (χ1v) is 13.8. The van der Waals surface area contributed by atoms with Crippen LogP contribution in [-0.2, 0) is 20.7 Å². The smallest absolute Gasteiger partial charge is 0.242 e. The van der Waals surface area contributed by atoms with Crippen molar-refractivity contribution in [3.63, 3.8) is 0 Å². The highest BCUT2D eigenvalue weighted by atomic mass is 32.2. The van der Waals surface area contributed by atoms with E-state index in [4.69, 9.17) is 4.74 Å². The molecule has 0 saturated heterocycles. The highest BCUT2D eigenvalue weighted by molar-refractivity contribution is 8.00. The number of methoxy groups -OCH3 is 1. The minimum Gasteiger partial charge on any atom is -0.385 e. The molecule has 2 amide bonds. The van der Waals surface area contributed by atoms with Gasteiger partial charge in [0.05, 0.1) is 18.3 Å². The van der Waals surface area contributed by atoms with Crippen molar-refractivity contribution in [3.05, 3.63) is 87.6 Å². The lowest BCUT2D eigenvalue weighted by molar-refractivity contribution is -0.140. The molecule has 35 heavy (non-hydrogen) atoms. The molecular formula is C28H32N2O3S2. The van der Waals surface area contributed by atoms with Gasteiger partial charge in [0.2, 0.25) is 11.8 Å². The molecule has 5 nitrogen and oxygen atoms in total. The molecule has 4 rings (SSSR count). The third kappa shape index (κ3) is 6.34.